The van der Waals surface area contributed by atoms with E-state index in [2.05, 4.69) is 15.1 Å². The number of nitrogens with one attached hydrogen (secondary N) is 2. The van der Waals surface area contributed by atoms with E-state index in [0.717, 1.165) is 4.68 Å². The molecular formula is C9H11N5O2. The summed E-state index contributed by atoms with van der Waals surface area (Å²) in [7, 11) is 0. The Kier molecular flexibility index (Phi) is 2.69. The summed E-state index contributed by atoms with van der Waals surface area (Å²) in [5.74, 6) is 0.167. The summed E-state index contributed by atoms with van der Waals surface area (Å²) in [4.78, 5) is 29.3. The lowest BCUT2D eigenvalue weighted by atomic mass is 10.2. The van der Waals surface area contributed by atoms with Crippen LogP contribution in [0.2, 0.25) is 0 Å². The quantitative estimate of drug-likeness (QED) is 0.601. The van der Waals surface area contributed by atoms with Crippen LogP contribution in [0, 0.1) is 0 Å². The molecule has 0 saturated carbocycles. The van der Waals surface area contributed by atoms with Gasteiger partial charge in [-0.2, -0.15) is 4.68 Å². The average Bonchev–Trinajstić information content (AvgIpc) is 2.68. The second-order valence-corrected chi connectivity index (χ2v) is 3.24. The second kappa shape index (κ2) is 4.15. The fourth-order valence-electron chi connectivity index (χ4n) is 1.35. The van der Waals surface area contributed by atoms with Crippen molar-refractivity contribution in [2.75, 3.05) is 6.54 Å². The number of aromatic nitrogens is 4. The Labute approximate surface area is 89.9 Å². The zero-order valence-electron chi connectivity index (χ0n) is 8.43. The van der Waals surface area contributed by atoms with Gasteiger partial charge >= 0.3 is 0 Å². The molecule has 0 aliphatic carbocycles. The maximum atomic E-state index is 11.6. The van der Waals surface area contributed by atoms with Crippen molar-refractivity contribution < 1.29 is 0 Å². The maximum Gasteiger partial charge on any atom is 0.273 e. The predicted octanol–water partition coefficient (Wildman–Crippen LogP) is -1.25. The van der Waals surface area contributed by atoms with Crippen LogP contribution in [-0.2, 0) is 6.42 Å². The molecule has 84 valence electrons. The molecule has 0 aromatic carbocycles. The number of hydrogen-bond acceptors (Lipinski definition) is 4. The number of hydrogen-bond donors (Lipinski definition) is 3. The lowest BCUT2D eigenvalue weighted by Gasteiger charge is -2.01. The van der Waals surface area contributed by atoms with Crippen molar-refractivity contribution in [1.29, 1.82) is 0 Å². The first kappa shape index (κ1) is 10.4. The molecule has 16 heavy (non-hydrogen) atoms. The van der Waals surface area contributed by atoms with E-state index in [1.807, 2.05) is 0 Å². The van der Waals surface area contributed by atoms with Gasteiger partial charge in [0.05, 0.1) is 0 Å². The fourth-order valence-corrected chi connectivity index (χ4v) is 1.35. The highest BCUT2D eigenvalue weighted by atomic mass is 16.1. The highest BCUT2D eigenvalue weighted by Gasteiger charge is 2.05. The molecule has 0 bridgehead atoms. The second-order valence-electron chi connectivity index (χ2n) is 3.24. The summed E-state index contributed by atoms with van der Waals surface area (Å²) in [5, 5.41) is 2.65. The van der Waals surface area contributed by atoms with Gasteiger partial charge in [0.25, 0.3) is 11.1 Å². The summed E-state index contributed by atoms with van der Waals surface area (Å²) in [6.07, 6.45) is 3.35. The summed E-state index contributed by atoms with van der Waals surface area (Å²) in [5.41, 5.74) is 5.29. The van der Waals surface area contributed by atoms with Gasteiger partial charge in [-0.3, -0.25) is 19.7 Å². The third-order valence-corrected chi connectivity index (χ3v) is 2.14. The monoisotopic (exact) mass is 221 g/mol. The van der Waals surface area contributed by atoms with Gasteiger partial charge in [-0.25, -0.2) is 4.98 Å². The standard InChI is InChI=1S/C9H11N5O2/c10-3-1-6-5-11-9(13-8(6)16)14-7(15)2-4-12-14/h2,4-5,12H,1,3,10H2,(H,11,13,16). The summed E-state index contributed by atoms with van der Waals surface area (Å²) >= 11 is 0. The molecule has 0 aliphatic rings. The molecule has 7 heteroatoms. The molecule has 2 rings (SSSR count). The minimum atomic E-state index is -0.283. The van der Waals surface area contributed by atoms with Crippen LogP contribution in [0.15, 0.2) is 28.0 Å². The molecule has 0 fully saturated rings. The highest BCUT2D eigenvalue weighted by molar-refractivity contribution is 5.14. The van der Waals surface area contributed by atoms with Gasteiger partial charge in [-0.05, 0) is 13.0 Å². The highest BCUT2D eigenvalue weighted by Crippen LogP contribution is 1.93. The molecule has 0 radical (unpaired) electrons. The van der Waals surface area contributed by atoms with Crippen LogP contribution in [0.1, 0.15) is 5.56 Å². The van der Waals surface area contributed by atoms with E-state index in [4.69, 9.17) is 5.73 Å². The summed E-state index contributed by atoms with van der Waals surface area (Å²) in [6, 6.07) is 1.34. The number of nitrogens with zero attached hydrogens (tertiary/aromatic N) is 2. The number of rotatable bonds is 3. The summed E-state index contributed by atoms with van der Waals surface area (Å²) in [6.45, 7) is 0.382. The van der Waals surface area contributed by atoms with Gasteiger partial charge in [-0.15, -0.1) is 0 Å². The Balaban J connectivity index is 2.46. The third kappa shape index (κ3) is 1.80. The lowest BCUT2D eigenvalue weighted by molar-refractivity contribution is 0.768. The first-order chi connectivity index (χ1) is 7.72. The van der Waals surface area contributed by atoms with E-state index < -0.39 is 0 Å². The van der Waals surface area contributed by atoms with Crippen molar-refractivity contribution >= 4 is 0 Å². The Bertz CT molecular complexity index is 594. The number of H-pyrrole nitrogens is 2. The molecule has 0 unspecified atom stereocenters. The van der Waals surface area contributed by atoms with E-state index in [-0.39, 0.29) is 17.1 Å². The van der Waals surface area contributed by atoms with E-state index in [0.29, 0.717) is 18.5 Å². The van der Waals surface area contributed by atoms with E-state index in [1.54, 1.807) is 0 Å². The molecule has 0 atom stereocenters. The molecule has 0 amide bonds. The largest absolute Gasteiger partial charge is 0.330 e. The van der Waals surface area contributed by atoms with E-state index >= 15 is 0 Å². The number of aromatic amines is 2. The SMILES string of the molecule is NCCc1cnc(-n2[nH]ccc2=O)[nH]c1=O. The Morgan fingerprint density at radius 3 is 2.81 bits per heavy atom. The van der Waals surface area contributed by atoms with Gasteiger partial charge in [0, 0.05) is 24.0 Å². The molecule has 2 aromatic rings. The van der Waals surface area contributed by atoms with Crippen molar-refractivity contribution in [2.24, 2.45) is 5.73 Å². The Morgan fingerprint density at radius 2 is 2.25 bits per heavy atom. The van der Waals surface area contributed by atoms with Gasteiger partial charge in [0.15, 0.2) is 0 Å². The topological polar surface area (TPSA) is 110 Å². The summed E-state index contributed by atoms with van der Waals surface area (Å²) < 4.78 is 1.15. The maximum absolute atomic E-state index is 11.6. The van der Waals surface area contributed by atoms with Crippen LogP contribution in [0.4, 0.5) is 0 Å². The number of nitrogens with two attached hydrogens (primary N) is 1. The van der Waals surface area contributed by atoms with Crippen LogP contribution in [0.3, 0.4) is 0 Å². The molecule has 7 nitrogen and oxygen atoms in total. The molecular weight excluding hydrogens is 210 g/mol. The van der Waals surface area contributed by atoms with Gasteiger partial charge < -0.3 is 5.73 Å². The van der Waals surface area contributed by atoms with Crippen molar-refractivity contribution in [3.8, 4) is 5.95 Å². The average molecular weight is 221 g/mol. The van der Waals surface area contributed by atoms with Gasteiger partial charge in [0.2, 0.25) is 5.95 Å². The minimum absolute atomic E-state index is 0.167. The van der Waals surface area contributed by atoms with E-state index in [9.17, 15) is 9.59 Å². The van der Waals surface area contributed by atoms with Crippen LogP contribution < -0.4 is 16.9 Å². The Hall–Kier alpha value is -2.15. The third-order valence-electron chi connectivity index (χ3n) is 2.14. The van der Waals surface area contributed by atoms with Crippen LogP contribution in [0.5, 0.6) is 0 Å². The fraction of sp³-hybridized carbons (Fsp3) is 0.222. The first-order valence-corrected chi connectivity index (χ1v) is 4.77. The van der Waals surface area contributed by atoms with Crippen molar-refractivity contribution in [1.82, 2.24) is 19.7 Å². The lowest BCUT2D eigenvalue weighted by Crippen LogP contribution is -2.23. The van der Waals surface area contributed by atoms with Crippen molar-refractivity contribution in [3.05, 3.63) is 44.7 Å². The molecule has 2 heterocycles. The minimum Gasteiger partial charge on any atom is -0.330 e. The molecule has 4 N–H and O–H groups in total. The molecule has 0 saturated heterocycles. The first-order valence-electron chi connectivity index (χ1n) is 4.77. The smallest absolute Gasteiger partial charge is 0.273 e. The van der Waals surface area contributed by atoms with Gasteiger partial charge in [-0.1, -0.05) is 0 Å². The zero-order valence-corrected chi connectivity index (χ0v) is 8.43. The van der Waals surface area contributed by atoms with Gasteiger partial charge in [0.1, 0.15) is 0 Å². The molecule has 0 spiro atoms. The van der Waals surface area contributed by atoms with Crippen molar-refractivity contribution in [2.45, 2.75) is 6.42 Å². The van der Waals surface area contributed by atoms with Crippen molar-refractivity contribution in [3.63, 3.8) is 0 Å². The van der Waals surface area contributed by atoms with Crippen LogP contribution >= 0.6 is 0 Å². The van der Waals surface area contributed by atoms with E-state index in [1.165, 1.54) is 18.5 Å². The normalized spacial score (nSPS) is 10.6. The van der Waals surface area contributed by atoms with Crippen LogP contribution in [0.25, 0.3) is 5.95 Å². The Morgan fingerprint density at radius 1 is 1.44 bits per heavy atom. The molecule has 0 aliphatic heterocycles. The van der Waals surface area contributed by atoms with Crippen LogP contribution in [-0.4, -0.2) is 26.3 Å². The predicted molar refractivity (Wildman–Crippen MR) is 57.6 cm³/mol. The molecule has 2 aromatic heterocycles. The zero-order chi connectivity index (χ0) is 11.5.